The lowest BCUT2D eigenvalue weighted by Gasteiger charge is -2.03. The SMILES string of the molecule is C[C@H](N)c1cnn(Cc2ccc(F)c(C#N)c2)c1. The van der Waals surface area contributed by atoms with E-state index in [-0.39, 0.29) is 11.6 Å². The minimum Gasteiger partial charge on any atom is -0.324 e. The first-order valence-corrected chi connectivity index (χ1v) is 5.56. The van der Waals surface area contributed by atoms with Crippen molar-refractivity contribution in [3.63, 3.8) is 0 Å². The molecule has 0 aliphatic rings. The van der Waals surface area contributed by atoms with Crippen molar-refractivity contribution in [1.82, 2.24) is 9.78 Å². The lowest BCUT2D eigenvalue weighted by Crippen LogP contribution is -2.04. The molecule has 0 saturated heterocycles. The molecular weight excluding hydrogens is 231 g/mol. The van der Waals surface area contributed by atoms with E-state index in [2.05, 4.69) is 5.10 Å². The molecule has 0 unspecified atom stereocenters. The Morgan fingerprint density at radius 1 is 1.56 bits per heavy atom. The summed E-state index contributed by atoms with van der Waals surface area (Å²) in [7, 11) is 0. The molecule has 0 saturated carbocycles. The van der Waals surface area contributed by atoms with Crippen molar-refractivity contribution in [2.75, 3.05) is 0 Å². The third-order valence-electron chi connectivity index (χ3n) is 2.67. The summed E-state index contributed by atoms with van der Waals surface area (Å²) in [5.74, 6) is -0.502. The van der Waals surface area contributed by atoms with E-state index in [1.165, 1.54) is 12.1 Å². The quantitative estimate of drug-likeness (QED) is 0.897. The topological polar surface area (TPSA) is 67.6 Å². The van der Waals surface area contributed by atoms with E-state index in [1.54, 1.807) is 16.9 Å². The van der Waals surface area contributed by atoms with Gasteiger partial charge in [0.25, 0.3) is 0 Å². The second-order valence-electron chi connectivity index (χ2n) is 4.19. The third-order valence-corrected chi connectivity index (χ3v) is 2.67. The molecule has 18 heavy (non-hydrogen) atoms. The Bertz CT molecular complexity index is 595. The number of nitrogens with zero attached hydrogens (tertiary/aromatic N) is 3. The van der Waals surface area contributed by atoms with E-state index in [4.69, 9.17) is 11.0 Å². The maximum atomic E-state index is 13.2. The van der Waals surface area contributed by atoms with E-state index in [0.717, 1.165) is 11.1 Å². The van der Waals surface area contributed by atoms with Crippen molar-refractivity contribution < 1.29 is 4.39 Å². The zero-order chi connectivity index (χ0) is 13.1. The van der Waals surface area contributed by atoms with Crippen molar-refractivity contribution in [1.29, 1.82) is 5.26 Å². The van der Waals surface area contributed by atoms with Gasteiger partial charge >= 0.3 is 0 Å². The number of benzene rings is 1. The molecule has 0 radical (unpaired) electrons. The molecular formula is C13H13FN4. The average Bonchev–Trinajstić information content (AvgIpc) is 2.80. The first-order valence-electron chi connectivity index (χ1n) is 5.56. The van der Waals surface area contributed by atoms with Crippen LogP contribution >= 0.6 is 0 Å². The molecule has 4 nitrogen and oxygen atoms in total. The second-order valence-corrected chi connectivity index (χ2v) is 4.19. The standard InChI is InChI=1S/C13H13FN4/c1-9(16)12-6-17-18(8-12)7-10-2-3-13(14)11(4-10)5-15/h2-4,6,8-9H,7,16H2,1H3/t9-/m0/s1. The highest BCUT2D eigenvalue weighted by Crippen LogP contribution is 2.12. The van der Waals surface area contributed by atoms with Crippen molar-refractivity contribution in [2.45, 2.75) is 19.5 Å². The molecule has 5 heteroatoms. The molecule has 2 aromatic rings. The largest absolute Gasteiger partial charge is 0.324 e. The Morgan fingerprint density at radius 2 is 2.33 bits per heavy atom. The molecule has 0 spiro atoms. The summed E-state index contributed by atoms with van der Waals surface area (Å²) in [6, 6.07) is 6.22. The highest BCUT2D eigenvalue weighted by atomic mass is 19.1. The summed E-state index contributed by atoms with van der Waals surface area (Å²) in [6.07, 6.45) is 3.56. The van der Waals surface area contributed by atoms with E-state index in [9.17, 15) is 4.39 Å². The summed E-state index contributed by atoms with van der Waals surface area (Å²) in [6.45, 7) is 2.37. The maximum Gasteiger partial charge on any atom is 0.140 e. The van der Waals surface area contributed by atoms with Crippen molar-refractivity contribution in [3.8, 4) is 6.07 Å². The average molecular weight is 244 g/mol. The van der Waals surface area contributed by atoms with Gasteiger partial charge in [0.15, 0.2) is 0 Å². The summed E-state index contributed by atoms with van der Waals surface area (Å²) >= 11 is 0. The smallest absolute Gasteiger partial charge is 0.140 e. The number of aromatic nitrogens is 2. The summed E-state index contributed by atoms with van der Waals surface area (Å²) in [4.78, 5) is 0. The lowest BCUT2D eigenvalue weighted by atomic mass is 10.1. The van der Waals surface area contributed by atoms with Gasteiger partial charge in [0, 0.05) is 17.8 Å². The number of halogens is 1. The maximum absolute atomic E-state index is 13.2. The van der Waals surface area contributed by atoms with Crippen molar-refractivity contribution in [2.24, 2.45) is 5.73 Å². The molecule has 92 valence electrons. The number of nitriles is 1. The van der Waals surface area contributed by atoms with Gasteiger partial charge in [-0.25, -0.2) is 4.39 Å². The van der Waals surface area contributed by atoms with Crippen LogP contribution in [0.2, 0.25) is 0 Å². The summed E-state index contributed by atoms with van der Waals surface area (Å²) in [5.41, 5.74) is 7.56. The molecule has 1 heterocycles. The zero-order valence-electron chi connectivity index (χ0n) is 9.97. The zero-order valence-corrected chi connectivity index (χ0v) is 9.97. The Morgan fingerprint density at radius 3 is 2.94 bits per heavy atom. The van der Waals surface area contributed by atoms with Crippen molar-refractivity contribution >= 4 is 0 Å². The number of nitrogens with two attached hydrogens (primary N) is 1. The predicted octanol–water partition coefficient (Wildman–Crippen LogP) is 1.96. The van der Waals surface area contributed by atoms with Crippen LogP contribution in [-0.2, 0) is 6.54 Å². The first kappa shape index (κ1) is 12.3. The molecule has 2 N–H and O–H groups in total. The highest BCUT2D eigenvalue weighted by molar-refractivity contribution is 5.34. The van der Waals surface area contributed by atoms with Crippen LogP contribution in [0.4, 0.5) is 4.39 Å². The summed E-state index contributed by atoms with van der Waals surface area (Å²) in [5, 5.41) is 12.9. The van der Waals surface area contributed by atoms with Gasteiger partial charge in [-0.1, -0.05) is 6.07 Å². The van der Waals surface area contributed by atoms with Crippen LogP contribution in [0.25, 0.3) is 0 Å². The van der Waals surface area contributed by atoms with E-state index >= 15 is 0 Å². The third kappa shape index (κ3) is 2.55. The van der Waals surface area contributed by atoms with Gasteiger partial charge in [0.05, 0.1) is 18.3 Å². The van der Waals surface area contributed by atoms with E-state index < -0.39 is 5.82 Å². The van der Waals surface area contributed by atoms with Gasteiger partial charge in [-0.2, -0.15) is 10.4 Å². The van der Waals surface area contributed by atoms with Gasteiger partial charge < -0.3 is 5.73 Å². The Balaban J connectivity index is 2.21. The molecule has 2 rings (SSSR count). The van der Waals surface area contributed by atoms with Gasteiger partial charge in [-0.3, -0.25) is 4.68 Å². The minimum absolute atomic E-state index is 0.0482. The molecule has 1 aromatic carbocycles. The number of hydrogen-bond donors (Lipinski definition) is 1. The minimum atomic E-state index is -0.502. The highest BCUT2D eigenvalue weighted by Gasteiger charge is 2.06. The molecule has 0 fully saturated rings. The van der Waals surface area contributed by atoms with Gasteiger partial charge in [0.1, 0.15) is 11.9 Å². The van der Waals surface area contributed by atoms with E-state index in [1.807, 2.05) is 19.2 Å². The molecule has 0 amide bonds. The van der Waals surface area contributed by atoms with Crippen LogP contribution in [0.1, 0.15) is 29.7 Å². The van der Waals surface area contributed by atoms with Crippen LogP contribution in [0.3, 0.4) is 0 Å². The van der Waals surface area contributed by atoms with Crippen molar-refractivity contribution in [3.05, 3.63) is 53.1 Å². The van der Waals surface area contributed by atoms with Crippen LogP contribution in [0, 0.1) is 17.1 Å². The van der Waals surface area contributed by atoms with Gasteiger partial charge in [-0.05, 0) is 24.6 Å². The fourth-order valence-electron chi connectivity index (χ4n) is 1.64. The molecule has 0 aliphatic carbocycles. The first-order chi connectivity index (χ1) is 8.60. The molecule has 1 atom stereocenters. The second kappa shape index (κ2) is 4.98. The Kier molecular flexibility index (Phi) is 3.40. The Labute approximate surface area is 104 Å². The van der Waals surface area contributed by atoms with Gasteiger partial charge in [0.2, 0.25) is 0 Å². The normalized spacial score (nSPS) is 12.1. The molecule has 0 aliphatic heterocycles. The monoisotopic (exact) mass is 244 g/mol. The lowest BCUT2D eigenvalue weighted by molar-refractivity contribution is 0.620. The number of hydrogen-bond acceptors (Lipinski definition) is 3. The predicted molar refractivity (Wildman–Crippen MR) is 65.0 cm³/mol. The van der Waals surface area contributed by atoms with Crippen LogP contribution < -0.4 is 5.73 Å². The molecule has 0 bridgehead atoms. The summed E-state index contributed by atoms with van der Waals surface area (Å²) < 4.78 is 14.9. The van der Waals surface area contributed by atoms with E-state index in [0.29, 0.717) is 6.54 Å². The van der Waals surface area contributed by atoms with Gasteiger partial charge in [-0.15, -0.1) is 0 Å². The number of rotatable bonds is 3. The Hall–Kier alpha value is -2.19. The fraction of sp³-hybridized carbons (Fsp3) is 0.231. The molecule has 1 aromatic heterocycles. The van der Waals surface area contributed by atoms with Crippen LogP contribution in [0.15, 0.2) is 30.6 Å². The van der Waals surface area contributed by atoms with Crippen LogP contribution in [0.5, 0.6) is 0 Å². The fourth-order valence-corrected chi connectivity index (χ4v) is 1.64. The van der Waals surface area contributed by atoms with Crippen LogP contribution in [-0.4, -0.2) is 9.78 Å².